The van der Waals surface area contributed by atoms with Crippen LogP contribution in [0.25, 0.3) is 0 Å². The summed E-state index contributed by atoms with van der Waals surface area (Å²) in [4.78, 5) is 10.9. The number of hydrogen-bond donors (Lipinski definition) is 0. The van der Waals surface area contributed by atoms with E-state index in [0.717, 1.165) is 6.42 Å². The zero-order chi connectivity index (χ0) is 8.85. The molecule has 0 aromatic heterocycles. The molecule has 0 amide bonds. The molecule has 0 saturated heterocycles. The van der Waals surface area contributed by atoms with E-state index in [1.807, 2.05) is 20.8 Å². The van der Waals surface area contributed by atoms with E-state index in [1.165, 1.54) is 0 Å². The maximum absolute atomic E-state index is 10.9. The second-order valence-corrected chi connectivity index (χ2v) is 2.85. The Morgan fingerprint density at radius 2 is 2.09 bits per heavy atom. The monoisotopic (exact) mass is 156 g/mol. The minimum Gasteiger partial charge on any atom is -0.431 e. The lowest BCUT2D eigenvalue weighted by Gasteiger charge is -2.08. The van der Waals surface area contributed by atoms with E-state index in [-0.39, 0.29) is 11.9 Å². The van der Waals surface area contributed by atoms with Gasteiger partial charge in [-0.15, -0.1) is 0 Å². The maximum Gasteiger partial charge on any atom is 0.310 e. The molecule has 0 radical (unpaired) electrons. The Kier molecular flexibility index (Phi) is 4.59. The summed E-state index contributed by atoms with van der Waals surface area (Å²) < 4.78 is 4.92. The van der Waals surface area contributed by atoms with Gasteiger partial charge in [0.15, 0.2) is 0 Å². The zero-order valence-electron chi connectivity index (χ0n) is 7.52. The third-order valence-electron chi connectivity index (χ3n) is 1.34. The molecular formula is C9H16O2. The van der Waals surface area contributed by atoms with Crippen molar-refractivity contribution >= 4 is 5.97 Å². The van der Waals surface area contributed by atoms with Gasteiger partial charge in [0, 0.05) is 12.3 Å². The van der Waals surface area contributed by atoms with Gasteiger partial charge in [0.1, 0.15) is 5.76 Å². The molecule has 0 atom stereocenters. The molecule has 64 valence electrons. The first kappa shape index (κ1) is 10.2. The topological polar surface area (TPSA) is 26.3 Å². The van der Waals surface area contributed by atoms with E-state index >= 15 is 0 Å². The fraction of sp³-hybridized carbons (Fsp3) is 0.667. The molecule has 0 heterocycles. The van der Waals surface area contributed by atoms with Gasteiger partial charge in [0.25, 0.3) is 0 Å². The van der Waals surface area contributed by atoms with Crippen LogP contribution >= 0.6 is 0 Å². The first-order valence-corrected chi connectivity index (χ1v) is 3.97. The van der Waals surface area contributed by atoms with Gasteiger partial charge in [0.05, 0.1) is 0 Å². The molecule has 0 saturated carbocycles. The SMILES string of the molecule is C=C(OC(=O)CCC)C(C)C. The quantitative estimate of drug-likeness (QED) is 0.461. The Morgan fingerprint density at radius 3 is 2.45 bits per heavy atom. The van der Waals surface area contributed by atoms with Gasteiger partial charge in [-0.05, 0) is 6.42 Å². The van der Waals surface area contributed by atoms with Crippen molar-refractivity contribution in [3.63, 3.8) is 0 Å². The summed E-state index contributed by atoms with van der Waals surface area (Å²) in [6, 6.07) is 0. The number of allylic oxidation sites excluding steroid dienone is 1. The van der Waals surface area contributed by atoms with Crippen LogP contribution in [0.1, 0.15) is 33.6 Å². The van der Waals surface area contributed by atoms with E-state index < -0.39 is 0 Å². The van der Waals surface area contributed by atoms with Gasteiger partial charge >= 0.3 is 5.97 Å². The molecule has 0 aliphatic rings. The Labute approximate surface area is 68.2 Å². The van der Waals surface area contributed by atoms with E-state index in [4.69, 9.17) is 4.74 Å². The number of rotatable bonds is 4. The third kappa shape index (κ3) is 4.59. The van der Waals surface area contributed by atoms with E-state index in [1.54, 1.807) is 0 Å². The summed E-state index contributed by atoms with van der Waals surface area (Å²) in [5.41, 5.74) is 0. The highest BCUT2D eigenvalue weighted by atomic mass is 16.5. The Hall–Kier alpha value is -0.790. The van der Waals surface area contributed by atoms with Crippen LogP contribution in [0.3, 0.4) is 0 Å². The van der Waals surface area contributed by atoms with Crippen molar-refractivity contribution in [1.82, 2.24) is 0 Å². The average Bonchev–Trinajstić information content (AvgIpc) is 1.87. The summed E-state index contributed by atoms with van der Waals surface area (Å²) in [6.45, 7) is 9.47. The molecule has 0 aromatic rings. The van der Waals surface area contributed by atoms with Crippen molar-refractivity contribution < 1.29 is 9.53 Å². The highest BCUT2D eigenvalue weighted by molar-refractivity contribution is 5.70. The summed E-state index contributed by atoms with van der Waals surface area (Å²) >= 11 is 0. The van der Waals surface area contributed by atoms with Gasteiger partial charge in [-0.3, -0.25) is 4.79 Å². The van der Waals surface area contributed by atoms with Crippen molar-refractivity contribution in [2.75, 3.05) is 0 Å². The highest BCUT2D eigenvalue weighted by Gasteiger charge is 2.06. The summed E-state index contributed by atoms with van der Waals surface area (Å²) in [5, 5.41) is 0. The molecule has 0 aromatic carbocycles. The lowest BCUT2D eigenvalue weighted by Crippen LogP contribution is -2.06. The average molecular weight is 156 g/mol. The van der Waals surface area contributed by atoms with Crippen LogP contribution < -0.4 is 0 Å². The smallest absolute Gasteiger partial charge is 0.310 e. The van der Waals surface area contributed by atoms with Crippen LogP contribution in [0.15, 0.2) is 12.3 Å². The molecule has 11 heavy (non-hydrogen) atoms. The summed E-state index contributed by atoms with van der Waals surface area (Å²) in [7, 11) is 0. The number of esters is 1. The molecular weight excluding hydrogens is 140 g/mol. The van der Waals surface area contributed by atoms with Crippen LogP contribution in [0.5, 0.6) is 0 Å². The zero-order valence-corrected chi connectivity index (χ0v) is 7.52. The highest BCUT2D eigenvalue weighted by Crippen LogP contribution is 2.09. The minimum atomic E-state index is -0.175. The van der Waals surface area contributed by atoms with Gasteiger partial charge in [-0.1, -0.05) is 27.4 Å². The molecule has 0 bridgehead atoms. The summed E-state index contributed by atoms with van der Waals surface area (Å²) in [6.07, 6.45) is 1.30. The third-order valence-corrected chi connectivity index (χ3v) is 1.34. The molecule has 0 spiro atoms. The van der Waals surface area contributed by atoms with Crippen LogP contribution in [-0.2, 0) is 9.53 Å². The predicted molar refractivity (Wildman–Crippen MR) is 45.0 cm³/mol. The molecule has 0 N–H and O–H groups in total. The molecule has 2 heteroatoms. The fourth-order valence-electron chi connectivity index (χ4n) is 0.519. The van der Waals surface area contributed by atoms with Crippen LogP contribution in [0.4, 0.5) is 0 Å². The van der Waals surface area contributed by atoms with Gasteiger partial charge in [-0.25, -0.2) is 0 Å². The number of ether oxygens (including phenoxy) is 1. The van der Waals surface area contributed by atoms with Crippen molar-refractivity contribution in [2.45, 2.75) is 33.6 Å². The summed E-state index contributed by atoms with van der Waals surface area (Å²) in [5.74, 6) is 0.602. The molecule has 0 aliphatic heterocycles. The predicted octanol–water partition coefficient (Wildman–Crippen LogP) is 2.50. The van der Waals surface area contributed by atoms with Gasteiger partial charge < -0.3 is 4.74 Å². The molecule has 0 unspecified atom stereocenters. The van der Waals surface area contributed by atoms with Crippen LogP contribution in [0, 0.1) is 5.92 Å². The van der Waals surface area contributed by atoms with E-state index in [9.17, 15) is 4.79 Å². The maximum atomic E-state index is 10.9. The standard InChI is InChI=1S/C9H16O2/c1-5-6-9(10)11-8(4)7(2)3/h7H,4-6H2,1-3H3. The normalized spacial score (nSPS) is 9.82. The minimum absolute atomic E-state index is 0.175. The second-order valence-electron chi connectivity index (χ2n) is 2.85. The van der Waals surface area contributed by atoms with Crippen LogP contribution in [0.2, 0.25) is 0 Å². The van der Waals surface area contributed by atoms with Gasteiger partial charge in [0.2, 0.25) is 0 Å². The van der Waals surface area contributed by atoms with Crippen molar-refractivity contribution in [3.05, 3.63) is 12.3 Å². The number of hydrogen-bond acceptors (Lipinski definition) is 2. The largest absolute Gasteiger partial charge is 0.431 e. The number of carbonyl (C=O) groups excluding carboxylic acids is 1. The molecule has 0 aliphatic carbocycles. The van der Waals surface area contributed by atoms with E-state index in [0.29, 0.717) is 12.2 Å². The van der Waals surface area contributed by atoms with Crippen molar-refractivity contribution in [1.29, 1.82) is 0 Å². The molecule has 0 rings (SSSR count). The first-order chi connectivity index (χ1) is 5.07. The lowest BCUT2D eigenvalue weighted by atomic mass is 10.2. The number of carbonyl (C=O) groups is 1. The second kappa shape index (κ2) is 4.94. The van der Waals surface area contributed by atoms with Gasteiger partial charge in [-0.2, -0.15) is 0 Å². The van der Waals surface area contributed by atoms with Crippen LogP contribution in [-0.4, -0.2) is 5.97 Å². The fourth-order valence-corrected chi connectivity index (χ4v) is 0.519. The van der Waals surface area contributed by atoms with E-state index in [2.05, 4.69) is 6.58 Å². The molecule has 2 nitrogen and oxygen atoms in total. The Balaban J connectivity index is 3.67. The van der Waals surface area contributed by atoms with Crippen molar-refractivity contribution in [2.24, 2.45) is 5.92 Å². The van der Waals surface area contributed by atoms with Crippen molar-refractivity contribution in [3.8, 4) is 0 Å². The first-order valence-electron chi connectivity index (χ1n) is 3.97. The molecule has 0 fully saturated rings. The Bertz CT molecular complexity index is 148. The Morgan fingerprint density at radius 1 is 1.55 bits per heavy atom. The lowest BCUT2D eigenvalue weighted by molar-refractivity contribution is -0.140.